The Kier molecular flexibility index (Phi) is 5.55. The van der Waals surface area contributed by atoms with E-state index in [0.717, 1.165) is 24.9 Å². The number of alkyl halides is 3. The van der Waals surface area contributed by atoms with Crippen molar-refractivity contribution in [2.24, 2.45) is 0 Å². The van der Waals surface area contributed by atoms with Crippen molar-refractivity contribution in [3.8, 4) is 0 Å². The Hall–Kier alpha value is -0.293. The number of hydrogen-bond acceptors (Lipinski definition) is 1. The molecule has 1 aliphatic heterocycles. The number of allylic oxidation sites excluding steroid dienone is 1. The Labute approximate surface area is 95.8 Å². The van der Waals surface area contributed by atoms with Crippen molar-refractivity contribution >= 4 is 8.32 Å². The smallest absolute Gasteiger partial charge is 0.269 e. The summed E-state index contributed by atoms with van der Waals surface area (Å²) < 4.78 is 42.8. The monoisotopic (exact) mass is 252 g/mol. The van der Waals surface area contributed by atoms with Gasteiger partial charge in [-0.15, -0.1) is 6.58 Å². The van der Waals surface area contributed by atoms with Gasteiger partial charge in [-0.05, 0) is 31.0 Å². The van der Waals surface area contributed by atoms with Crippen LogP contribution < -0.4 is 0 Å². The third-order valence-corrected chi connectivity index (χ3v) is 7.41. The molecule has 1 aliphatic rings. The minimum atomic E-state index is -2.86. The molecule has 0 aromatic carbocycles. The first kappa shape index (κ1) is 13.8. The highest BCUT2D eigenvalue weighted by Gasteiger charge is 2.36. The first-order valence-corrected chi connectivity index (χ1v) is 8.30. The lowest BCUT2D eigenvalue weighted by atomic mass is 10.3. The Bertz CT molecular complexity index is 217. The molecule has 1 fully saturated rings. The van der Waals surface area contributed by atoms with Gasteiger partial charge in [-0.3, -0.25) is 0 Å². The summed E-state index contributed by atoms with van der Waals surface area (Å²) in [4.78, 5) is 0. The normalized spacial score (nSPS) is 28.0. The summed E-state index contributed by atoms with van der Waals surface area (Å²) in [5.74, 6) is 0. The molecule has 0 saturated carbocycles. The van der Waals surface area contributed by atoms with Crippen molar-refractivity contribution in [2.75, 3.05) is 6.61 Å². The van der Waals surface area contributed by atoms with Gasteiger partial charge in [0.05, 0.1) is 0 Å². The van der Waals surface area contributed by atoms with E-state index in [1.54, 1.807) is 6.08 Å². The molecule has 94 valence electrons. The first-order valence-electron chi connectivity index (χ1n) is 5.77. The minimum Gasteiger partial charge on any atom is -0.416 e. The van der Waals surface area contributed by atoms with E-state index in [9.17, 15) is 13.2 Å². The van der Waals surface area contributed by atoms with E-state index >= 15 is 0 Å². The summed E-state index contributed by atoms with van der Waals surface area (Å²) in [6, 6.07) is 2.20. The van der Waals surface area contributed by atoms with E-state index in [0.29, 0.717) is 12.7 Å². The van der Waals surface area contributed by atoms with Gasteiger partial charge in [0.15, 0.2) is 14.5 Å². The zero-order chi connectivity index (χ0) is 12.0. The molecular weight excluding hydrogens is 233 g/mol. The van der Waals surface area contributed by atoms with E-state index in [1.165, 1.54) is 0 Å². The molecule has 1 heterocycles. The highest BCUT2D eigenvalue weighted by molar-refractivity contribution is 6.74. The fourth-order valence-corrected chi connectivity index (χ4v) is 6.02. The highest BCUT2D eigenvalue weighted by Crippen LogP contribution is 2.32. The van der Waals surface area contributed by atoms with Crippen molar-refractivity contribution in [1.29, 1.82) is 0 Å². The van der Waals surface area contributed by atoms with Crippen LogP contribution in [-0.4, -0.2) is 27.5 Å². The molecule has 1 nitrogen and oxygen atoms in total. The maximum Gasteiger partial charge on any atom is 0.269 e. The predicted molar refractivity (Wildman–Crippen MR) is 61.1 cm³/mol. The zero-order valence-electron chi connectivity index (χ0n) is 9.43. The summed E-state index contributed by atoms with van der Waals surface area (Å²) in [5.41, 5.74) is 0. The third-order valence-electron chi connectivity index (χ3n) is 3.10. The van der Waals surface area contributed by atoms with Crippen LogP contribution in [0.3, 0.4) is 0 Å². The first-order chi connectivity index (χ1) is 7.59. The molecule has 0 aromatic heterocycles. The lowest BCUT2D eigenvalue weighted by Gasteiger charge is -2.34. The molecule has 0 bridgehead atoms. The molecule has 0 aromatic rings. The lowest BCUT2D eigenvalue weighted by molar-refractivity contribution is 0.0472. The van der Waals surface area contributed by atoms with Gasteiger partial charge in [-0.2, -0.15) is 0 Å². The molecular formula is C11H19F3OSi. The Morgan fingerprint density at radius 3 is 2.56 bits per heavy atom. The van der Waals surface area contributed by atoms with Crippen molar-refractivity contribution in [2.45, 2.75) is 50.0 Å². The second-order valence-electron chi connectivity index (χ2n) is 4.37. The topological polar surface area (TPSA) is 9.23 Å². The van der Waals surface area contributed by atoms with E-state index in [4.69, 9.17) is 4.43 Å². The Balaban J connectivity index is 2.46. The molecule has 0 amide bonds. The zero-order valence-corrected chi connectivity index (χ0v) is 10.4. The molecule has 1 rings (SSSR count). The molecule has 5 heteroatoms. The van der Waals surface area contributed by atoms with Crippen molar-refractivity contribution in [3.63, 3.8) is 0 Å². The van der Waals surface area contributed by atoms with Gasteiger partial charge in [0.2, 0.25) is 0 Å². The maximum absolute atomic E-state index is 12.9. The molecule has 0 radical (unpaired) electrons. The van der Waals surface area contributed by atoms with Crippen LogP contribution in [0.1, 0.15) is 19.3 Å². The van der Waals surface area contributed by atoms with Gasteiger partial charge >= 0.3 is 0 Å². The second-order valence-corrected chi connectivity index (χ2v) is 8.43. The van der Waals surface area contributed by atoms with Gasteiger partial charge < -0.3 is 4.43 Å². The molecule has 2 atom stereocenters. The number of hydrogen-bond donors (Lipinski definition) is 0. The summed E-state index contributed by atoms with van der Waals surface area (Å²) in [6.45, 7) is 4.37. The quantitative estimate of drug-likeness (QED) is 0.514. The van der Waals surface area contributed by atoms with E-state index in [2.05, 4.69) is 6.58 Å². The SMILES string of the molecule is C=CC[Si]1(CCC(F)C(F)F)CCCCO1. The fourth-order valence-electron chi connectivity index (χ4n) is 2.16. The van der Waals surface area contributed by atoms with Gasteiger partial charge in [-0.1, -0.05) is 12.5 Å². The average Bonchev–Trinajstić information content (AvgIpc) is 2.27. The largest absolute Gasteiger partial charge is 0.416 e. The van der Waals surface area contributed by atoms with Crippen molar-refractivity contribution in [3.05, 3.63) is 12.7 Å². The summed E-state index contributed by atoms with van der Waals surface area (Å²) in [5, 5.41) is 0. The summed E-state index contributed by atoms with van der Waals surface area (Å²) >= 11 is 0. The van der Waals surface area contributed by atoms with Crippen LogP contribution in [0.5, 0.6) is 0 Å². The van der Waals surface area contributed by atoms with E-state index in [1.807, 2.05) is 0 Å². The lowest BCUT2D eigenvalue weighted by Crippen LogP contribution is -2.41. The molecule has 16 heavy (non-hydrogen) atoms. The van der Waals surface area contributed by atoms with Crippen molar-refractivity contribution in [1.82, 2.24) is 0 Å². The van der Waals surface area contributed by atoms with Gasteiger partial charge in [0.1, 0.15) is 0 Å². The van der Waals surface area contributed by atoms with Gasteiger partial charge in [-0.25, -0.2) is 13.2 Å². The van der Waals surface area contributed by atoms with Crippen LogP contribution >= 0.6 is 0 Å². The molecule has 0 N–H and O–H groups in total. The average molecular weight is 252 g/mol. The summed E-state index contributed by atoms with van der Waals surface area (Å²) in [7, 11) is -1.98. The fraction of sp³-hybridized carbons (Fsp3) is 0.818. The van der Waals surface area contributed by atoms with Gasteiger partial charge in [0.25, 0.3) is 6.43 Å². The molecule has 0 spiro atoms. The molecule has 2 unspecified atom stereocenters. The van der Waals surface area contributed by atoms with Crippen LogP contribution in [0.2, 0.25) is 18.1 Å². The number of rotatable bonds is 6. The van der Waals surface area contributed by atoms with Crippen LogP contribution in [-0.2, 0) is 4.43 Å². The minimum absolute atomic E-state index is 0.0717. The standard InChI is InChI=1S/C11H19F3OSi/c1-2-7-16(8-4-3-6-15-16)9-5-10(12)11(13)14/h2,10-11H,1,3-9H2. The van der Waals surface area contributed by atoms with Crippen LogP contribution in [0.25, 0.3) is 0 Å². The van der Waals surface area contributed by atoms with Crippen LogP contribution in [0.15, 0.2) is 12.7 Å². The second kappa shape index (κ2) is 6.44. The summed E-state index contributed by atoms with van der Waals surface area (Å²) in [6.07, 6.45) is -1.05. The van der Waals surface area contributed by atoms with E-state index in [-0.39, 0.29) is 6.42 Å². The molecule has 0 aliphatic carbocycles. The van der Waals surface area contributed by atoms with Crippen LogP contribution in [0, 0.1) is 0 Å². The molecule has 1 saturated heterocycles. The Morgan fingerprint density at radius 1 is 1.31 bits per heavy atom. The highest BCUT2D eigenvalue weighted by atomic mass is 28.4. The third kappa shape index (κ3) is 3.94. The van der Waals surface area contributed by atoms with Crippen LogP contribution in [0.4, 0.5) is 13.2 Å². The number of halogens is 3. The predicted octanol–water partition coefficient (Wildman–Crippen LogP) is 3.92. The maximum atomic E-state index is 12.9. The Morgan fingerprint density at radius 2 is 2.06 bits per heavy atom. The van der Waals surface area contributed by atoms with E-state index < -0.39 is 20.9 Å². The van der Waals surface area contributed by atoms with Gasteiger partial charge in [0, 0.05) is 6.61 Å². The van der Waals surface area contributed by atoms with Crippen molar-refractivity contribution < 1.29 is 17.6 Å².